The third kappa shape index (κ3) is 4.39. The van der Waals surface area contributed by atoms with Gasteiger partial charge in [0.05, 0.1) is 15.9 Å². The summed E-state index contributed by atoms with van der Waals surface area (Å²) in [5.41, 5.74) is 0. The Hall–Kier alpha value is -1.63. The first kappa shape index (κ1) is 13.4. The van der Waals surface area contributed by atoms with Gasteiger partial charge in [0, 0.05) is 11.0 Å². The van der Waals surface area contributed by atoms with Gasteiger partial charge < -0.3 is 4.90 Å². The number of amides is 1. The van der Waals surface area contributed by atoms with E-state index >= 15 is 0 Å². The molecule has 0 N–H and O–H groups in total. The van der Waals surface area contributed by atoms with E-state index < -0.39 is 0 Å². The van der Waals surface area contributed by atoms with Gasteiger partial charge in [0.15, 0.2) is 0 Å². The molecule has 6 heteroatoms. The number of halogens is 1. The number of nitrogens with zero attached hydrogens (tertiary/aromatic N) is 3. The van der Waals surface area contributed by atoms with E-state index in [1.807, 2.05) is 24.3 Å². The van der Waals surface area contributed by atoms with Crippen molar-refractivity contribution in [3.8, 4) is 12.1 Å². The molecule has 0 aromatic carbocycles. The van der Waals surface area contributed by atoms with Gasteiger partial charge in [-0.1, -0.05) is 0 Å². The van der Waals surface area contributed by atoms with Crippen LogP contribution in [0, 0.1) is 22.7 Å². The lowest BCUT2D eigenvalue weighted by Crippen LogP contribution is -2.30. The average Bonchev–Trinajstić information content (AvgIpc) is 2.72. The summed E-state index contributed by atoms with van der Waals surface area (Å²) in [6, 6.07) is 7.46. The van der Waals surface area contributed by atoms with Gasteiger partial charge in [-0.2, -0.15) is 10.5 Å². The van der Waals surface area contributed by atoms with Gasteiger partial charge in [-0.3, -0.25) is 4.79 Å². The fraction of sp³-hybridized carbons (Fsp3) is 0.182. The molecule has 4 nitrogen and oxygen atoms in total. The second-order valence-corrected chi connectivity index (χ2v) is 5.48. The van der Waals surface area contributed by atoms with Crippen LogP contribution in [0.15, 0.2) is 22.0 Å². The van der Waals surface area contributed by atoms with Crippen molar-refractivity contribution in [2.45, 2.75) is 0 Å². The van der Waals surface area contributed by atoms with E-state index in [0.29, 0.717) is 0 Å². The molecule has 0 aliphatic rings. The molecule has 86 valence electrons. The van der Waals surface area contributed by atoms with Gasteiger partial charge in [-0.15, -0.1) is 11.3 Å². The SMILES string of the molecule is N#CCN(CC#N)C(=O)/C=C/c1ccc(Br)s1. The Bertz CT molecular complexity index is 494. The maximum Gasteiger partial charge on any atom is 0.248 e. The molecule has 1 aromatic rings. The van der Waals surface area contributed by atoms with E-state index in [9.17, 15) is 4.79 Å². The number of hydrogen-bond donors (Lipinski definition) is 0. The highest BCUT2D eigenvalue weighted by molar-refractivity contribution is 9.11. The van der Waals surface area contributed by atoms with Crippen molar-refractivity contribution >= 4 is 39.2 Å². The number of carbonyl (C=O) groups excluding carboxylic acids is 1. The summed E-state index contributed by atoms with van der Waals surface area (Å²) < 4.78 is 0.982. The van der Waals surface area contributed by atoms with Crippen LogP contribution in [-0.4, -0.2) is 23.9 Å². The van der Waals surface area contributed by atoms with Crippen molar-refractivity contribution in [3.63, 3.8) is 0 Å². The molecule has 0 radical (unpaired) electrons. The molecular weight excluding hydrogens is 302 g/mol. The van der Waals surface area contributed by atoms with E-state index in [1.54, 1.807) is 6.08 Å². The molecule has 0 atom stereocenters. The fourth-order valence-electron chi connectivity index (χ4n) is 1.06. The molecule has 1 amide bonds. The number of carbonyl (C=O) groups is 1. The predicted octanol–water partition coefficient (Wildman–Crippen LogP) is 2.40. The summed E-state index contributed by atoms with van der Waals surface area (Å²) in [5, 5.41) is 17.0. The monoisotopic (exact) mass is 309 g/mol. The lowest BCUT2D eigenvalue weighted by atomic mass is 10.3. The van der Waals surface area contributed by atoms with E-state index in [-0.39, 0.29) is 19.0 Å². The summed E-state index contributed by atoms with van der Waals surface area (Å²) in [4.78, 5) is 13.7. The molecular formula is C11H8BrN3OS. The molecule has 1 aromatic heterocycles. The third-order valence-electron chi connectivity index (χ3n) is 1.82. The van der Waals surface area contributed by atoms with Crippen LogP contribution >= 0.6 is 27.3 Å². The molecule has 0 bridgehead atoms. The van der Waals surface area contributed by atoms with Crippen LogP contribution in [0.5, 0.6) is 0 Å². The predicted molar refractivity (Wildman–Crippen MR) is 68.9 cm³/mol. The molecule has 1 rings (SSSR count). The minimum absolute atomic E-state index is 0.0785. The van der Waals surface area contributed by atoms with Crippen LogP contribution in [0.4, 0.5) is 0 Å². The Morgan fingerprint density at radius 1 is 1.41 bits per heavy atom. The van der Waals surface area contributed by atoms with Crippen LogP contribution in [0.25, 0.3) is 6.08 Å². The van der Waals surface area contributed by atoms with Crippen molar-refractivity contribution < 1.29 is 4.79 Å². The molecule has 0 fully saturated rings. The van der Waals surface area contributed by atoms with Crippen molar-refractivity contribution in [2.75, 3.05) is 13.1 Å². The van der Waals surface area contributed by atoms with Crippen LogP contribution in [0.1, 0.15) is 4.88 Å². The van der Waals surface area contributed by atoms with Gasteiger partial charge >= 0.3 is 0 Å². The lowest BCUT2D eigenvalue weighted by Gasteiger charge is -2.12. The molecule has 1 heterocycles. The largest absolute Gasteiger partial charge is 0.313 e. The van der Waals surface area contributed by atoms with E-state index in [0.717, 1.165) is 8.66 Å². The second kappa shape index (κ2) is 6.85. The molecule has 0 aliphatic carbocycles. The maximum absolute atomic E-state index is 11.6. The molecule has 0 spiro atoms. The zero-order chi connectivity index (χ0) is 12.7. The lowest BCUT2D eigenvalue weighted by molar-refractivity contribution is -0.124. The van der Waals surface area contributed by atoms with Crippen LogP contribution < -0.4 is 0 Å². The Kier molecular flexibility index (Phi) is 5.41. The normalized spacial score (nSPS) is 9.82. The third-order valence-corrected chi connectivity index (χ3v) is 3.41. The first-order valence-electron chi connectivity index (χ1n) is 4.63. The highest BCUT2D eigenvalue weighted by Crippen LogP contribution is 2.22. The van der Waals surface area contributed by atoms with Gasteiger partial charge in [0.1, 0.15) is 13.1 Å². The maximum atomic E-state index is 11.6. The Labute approximate surface area is 112 Å². The van der Waals surface area contributed by atoms with Crippen LogP contribution in [-0.2, 0) is 4.79 Å². The number of hydrogen-bond acceptors (Lipinski definition) is 4. The van der Waals surface area contributed by atoms with Crippen molar-refractivity contribution in [3.05, 3.63) is 26.9 Å². The molecule has 17 heavy (non-hydrogen) atoms. The summed E-state index contributed by atoms with van der Waals surface area (Å²) >= 11 is 4.82. The summed E-state index contributed by atoms with van der Waals surface area (Å²) in [5.74, 6) is -0.336. The quantitative estimate of drug-likeness (QED) is 0.633. The van der Waals surface area contributed by atoms with E-state index in [2.05, 4.69) is 15.9 Å². The van der Waals surface area contributed by atoms with Gasteiger partial charge in [-0.25, -0.2) is 0 Å². The van der Waals surface area contributed by atoms with Crippen LogP contribution in [0.3, 0.4) is 0 Å². The number of rotatable bonds is 4. The van der Waals surface area contributed by atoms with Gasteiger partial charge in [0.25, 0.3) is 0 Å². The Morgan fingerprint density at radius 2 is 2.06 bits per heavy atom. The summed E-state index contributed by atoms with van der Waals surface area (Å²) in [6.45, 7) is -0.157. The average molecular weight is 310 g/mol. The summed E-state index contributed by atoms with van der Waals surface area (Å²) in [6.07, 6.45) is 3.03. The highest BCUT2D eigenvalue weighted by Gasteiger charge is 2.08. The minimum Gasteiger partial charge on any atom is -0.313 e. The molecule has 0 aliphatic heterocycles. The Balaban J connectivity index is 2.67. The van der Waals surface area contributed by atoms with Crippen molar-refractivity contribution in [1.82, 2.24) is 4.90 Å². The zero-order valence-electron chi connectivity index (χ0n) is 8.76. The first-order valence-corrected chi connectivity index (χ1v) is 6.24. The van der Waals surface area contributed by atoms with Gasteiger partial charge in [-0.05, 0) is 34.1 Å². The topological polar surface area (TPSA) is 67.9 Å². The standard InChI is InChI=1S/C11H8BrN3OS/c12-10-3-1-9(17-10)2-4-11(16)15(7-5-13)8-6-14/h1-4H,7-8H2/b4-2+. The molecule has 0 unspecified atom stereocenters. The Morgan fingerprint density at radius 3 is 2.53 bits per heavy atom. The number of nitriles is 2. The highest BCUT2D eigenvalue weighted by atomic mass is 79.9. The zero-order valence-corrected chi connectivity index (χ0v) is 11.2. The summed E-state index contributed by atoms with van der Waals surface area (Å²) in [7, 11) is 0. The molecule has 0 saturated heterocycles. The van der Waals surface area contributed by atoms with Crippen LogP contribution in [0.2, 0.25) is 0 Å². The van der Waals surface area contributed by atoms with E-state index in [4.69, 9.17) is 10.5 Å². The van der Waals surface area contributed by atoms with Crippen molar-refractivity contribution in [1.29, 1.82) is 10.5 Å². The minimum atomic E-state index is -0.336. The van der Waals surface area contributed by atoms with Crippen molar-refractivity contribution in [2.24, 2.45) is 0 Å². The first-order chi connectivity index (χ1) is 8.17. The number of thiophene rings is 1. The van der Waals surface area contributed by atoms with Gasteiger partial charge in [0.2, 0.25) is 5.91 Å². The molecule has 0 saturated carbocycles. The smallest absolute Gasteiger partial charge is 0.248 e. The second-order valence-electron chi connectivity index (χ2n) is 2.99. The van der Waals surface area contributed by atoms with E-state index in [1.165, 1.54) is 22.3 Å². The fourth-order valence-corrected chi connectivity index (χ4v) is 2.39.